The normalized spacial score (nSPS) is 13.0. The first-order valence-corrected chi connectivity index (χ1v) is 12.3. The van der Waals surface area contributed by atoms with Gasteiger partial charge < -0.3 is 8.83 Å². The van der Waals surface area contributed by atoms with E-state index in [1.165, 1.54) is 59.1 Å². The van der Waals surface area contributed by atoms with E-state index < -0.39 is 0 Å². The van der Waals surface area contributed by atoms with Crippen molar-refractivity contribution in [2.24, 2.45) is 7.05 Å². The number of benzene rings is 4. The molecule has 0 aliphatic carbocycles. The van der Waals surface area contributed by atoms with E-state index in [4.69, 9.17) is 8.83 Å². The lowest BCUT2D eigenvalue weighted by Crippen LogP contribution is -2.31. The van der Waals surface area contributed by atoms with Gasteiger partial charge in [-0.15, -0.1) is 0 Å². The number of aromatic nitrogens is 1. The van der Waals surface area contributed by atoms with Crippen molar-refractivity contribution in [3.63, 3.8) is 0 Å². The number of hydrogen-bond acceptors (Lipinski definition) is 3. The van der Waals surface area contributed by atoms with Gasteiger partial charge in [-0.3, -0.25) is 0 Å². The second-order valence-corrected chi connectivity index (χ2v) is 10.3. The Hall–Kier alpha value is -3.76. The monoisotopic (exact) mass is 458 g/mol. The lowest BCUT2D eigenvalue weighted by molar-refractivity contribution is -0.659. The van der Waals surface area contributed by atoms with Crippen LogP contribution in [0, 0.1) is 13.8 Å². The van der Waals surface area contributed by atoms with Crippen LogP contribution in [-0.2, 0) is 7.05 Å². The Morgan fingerprint density at radius 2 is 1.41 bits per heavy atom. The zero-order valence-electron chi connectivity index (χ0n) is 19.0. The summed E-state index contributed by atoms with van der Waals surface area (Å²) in [7, 11) is 2.15. The zero-order chi connectivity index (χ0) is 22.7. The Kier molecular flexibility index (Phi) is 3.41. The number of fused-ring (bicyclic) bond motifs is 9. The van der Waals surface area contributed by atoms with Crippen LogP contribution in [-0.4, -0.2) is 0 Å². The molecule has 0 bridgehead atoms. The Bertz CT molecular complexity index is 2030. The Labute approximate surface area is 199 Å². The minimum Gasteiger partial charge on any atom is -0.456 e. The van der Waals surface area contributed by atoms with E-state index in [-0.39, 0.29) is 0 Å². The van der Waals surface area contributed by atoms with Crippen LogP contribution in [0.4, 0.5) is 0 Å². The van der Waals surface area contributed by atoms with Crippen LogP contribution in [0.2, 0.25) is 0 Å². The predicted octanol–water partition coefficient (Wildman–Crippen LogP) is 8.21. The molecule has 0 saturated heterocycles. The van der Waals surface area contributed by atoms with Gasteiger partial charge in [0.05, 0.1) is 10.9 Å². The topological polar surface area (TPSA) is 30.2 Å². The number of hydrogen-bond donors (Lipinski definition) is 0. The van der Waals surface area contributed by atoms with Gasteiger partial charge in [0, 0.05) is 48.4 Å². The number of aryl methyl sites for hydroxylation is 3. The van der Waals surface area contributed by atoms with Crippen molar-refractivity contribution in [3.05, 3.63) is 78.0 Å². The molecule has 8 rings (SSSR count). The highest BCUT2D eigenvalue weighted by Crippen LogP contribution is 2.54. The largest absolute Gasteiger partial charge is 0.456 e. The molecule has 3 aromatic heterocycles. The van der Waals surface area contributed by atoms with Gasteiger partial charge in [0.2, 0.25) is 5.69 Å². The van der Waals surface area contributed by atoms with Gasteiger partial charge >= 0.3 is 0 Å². The van der Waals surface area contributed by atoms with Crippen molar-refractivity contribution in [1.29, 1.82) is 0 Å². The van der Waals surface area contributed by atoms with Crippen LogP contribution < -0.4 is 4.57 Å². The number of pyridine rings is 1. The summed E-state index contributed by atoms with van der Waals surface area (Å²) in [6, 6.07) is 21.2. The summed E-state index contributed by atoms with van der Waals surface area (Å²) >= 11 is 1.86. The molecule has 0 radical (unpaired) electrons. The minimum absolute atomic E-state index is 0.934. The third kappa shape index (κ3) is 2.13. The molecule has 4 heteroatoms. The first-order valence-electron chi connectivity index (χ1n) is 11.5. The molecule has 1 aliphatic heterocycles. The van der Waals surface area contributed by atoms with Crippen LogP contribution in [0.15, 0.2) is 85.5 Å². The van der Waals surface area contributed by atoms with E-state index in [2.05, 4.69) is 80.2 Å². The van der Waals surface area contributed by atoms with Crippen molar-refractivity contribution < 1.29 is 13.4 Å². The molecule has 1 aliphatic rings. The quantitative estimate of drug-likeness (QED) is 0.215. The lowest BCUT2D eigenvalue weighted by atomic mass is 9.92. The molecule has 0 fully saturated rings. The average molecular weight is 459 g/mol. The van der Waals surface area contributed by atoms with Crippen LogP contribution in [0.1, 0.15) is 11.1 Å². The number of rotatable bonds is 0. The molecular weight excluding hydrogens is 438 g/mol. The fourth-order valence-electron chi connectivity index (χ4n) is 5.87. The van der Waals surface area contributed by atoms with E-state index in [9.17, 15) is 0 Å². The van der Waals surface area contributed by atoms with Crippen LogP contribution in [0.25, 0.3) is 65.9 Å². The smallest absolute Gasteiger partial charge is 0.222 e. The highest BCUT2D eigenvalue weighted by Gasteiger charge is 2.33. The maximum absolute atomic E-state index is 6.41. The molecule has 4 heterocycles. The standard InChI is InChI=1S/C30H20NO2S/c1-15-24-18-9-5-7-11-22(18)32-28(24)16(2)30-25(15)27-26-19(12-13-31(27)3)29-20(14-23(26)34-30)17-8-4-6-10-21(17)33-29/h4-14H,1-3H3/q+1. The van der Waals surface area contributed by atoms with Crippen LogP contribution in [0.3, 0.4) is 0 Å². The van der Waals surface area contributed by atoms with E-state index in [0.29, 0.717) is 0 Å². The summed E-state index contributed by atoms with van der Waals surface area (Å²) in [4.78, 5) is 2.55. The second kappa shape index (κ2) is 6.22. The van der Waals surface area contributed by atoms with Gasteiger partial charge in [0.15, 0.2) is 6.20 Å². The van der Waals surface area contributed by atoms with E-state index in [1.807, 2.05) is 23.9 Å². The highest BCUT2D eigenvalue weighted by molar-refractivity contribution is 8.00. The van der Waals surface area contributed by atoms with Gasteiger partial charge in [-0.05, 0) is 37.6 Å². The molecule has 162 valence electrons. The van der Waals surface area contributed by atoms with Gasteiger partial charge in [0.25, 0.3) is 0 Å². The second-order valence-electron chi connectivity index (χ2n) is 9.27. The molecule has 7 aromatic rings. The molecule has 0 amide bonds. The molecule has 0 atom stereocenters. The fraction of sp³-hybridized carbons (Fsp3) is 0.100. The summed E-state index contributed by atoms with van der Waals surface area (Å²) in [5.41, 5.74) is 8.87. The molecular formula is C30H20NO2S+. The number of nitrogens with zero attached hydrogens (tertiary/aromatic N) is 1. The maximum atomic E-state index is 6.41. The third-order valence-electron chi connectivity index (χ3n) is 7.43. The Morgan fingerprint density at radius 3 is 2.24 bits per heavy atom. The molecule has 34 heavy (non-hydrogen) atoms. The van der Waals surface area contributed by atoms with Crippen molar-refractivity contribution >= 4 is 66.4 Å². The van der Waals surface area contributed by atoms with Gasteiger partial charge in [-0.2, -0.15) is 0 Å². The summed E-state index contributed by atoms with van der Waals surface area (Å²) in [6.45, 7) is 4.44. The molecule has 3 nitrogen and oxygen atoms in total. The van der Waals surface area contributed by atoms with Crippen molar-refractivity contribution in [3.8, 4) is 11.3 Å². The predicted molar refractivity (Wildman–Crippen MR) is 139 cm³/mol. The van der Waals surface area contributed by atoms with E-state index >= 15 is 0 Å². The van der Waals surface area contributed by atoms with Gasteiger partial charge in [0.1, 0.15) is 29.4 Å². The summed E-state index contributed by atoms with van der Waals surface area (Å²) in [6.07, 6.45) is 2.17. The first kappa shape index (κ1) is 18.6. The summed E-state index contributed by atoms with van der Waals surface area (Å²) in [5.74, 6) is 0. The van der Waals surface area contributed by atoms with E-state index in [1.54, 1.807) is 0 Å². The summed E-state index contributed by atoms with van der Waals surface area (Å²) in [5, 5.41) is 7.18. The average Bonchev–Trinajstić information content (AvgIpc) is 3.43. The Morgan fingerprint density at radius 1 is 0.706 bits per heavy atom. The number of para-hydroxylation sites is 2. The maximum Gasteiger partial charge on any atom is 0.222 e. The van der Waals surface area contributed by atoms with E-state index in [0.717, 1.165) is 27.7 Å². The van der Waals surface area contributed by atoms with Gasteiger partial charge in [-0.1, -0.05) is 48.2 Å². The molecule has 4 aromatic carbocycles. The molecule has 0 saturated carbocycles. The highest BCUT2D eigenvalue weighted by atomic mass is 32.2. The Balaban J connectivity index is 1.60. The lowest BCUT2D eigenvalue weighted by Gasteiger charge is -2.22. The molecule has 0 spiro atoms. The van der Waals surface area contributed by atoms with Crippen LogP contribution in [0.5, 0.6) is 0 Å². The number of furan rings is 2. The third-order valence-corrected chi connectivity index (χ3v) is 8.68. The van der Waals surface area contributed by atoms with Crippen molar-refractivity contribution in [2.75, 3.05) is 0 Å². The van der Waals surface area contributed by atoms with Crippen LogP contribution >= 0.6 is 11.8 Å². The van der Waals surface area contributed by atoms with Gasteiger partial charge in [-0.25, -0.2) is 4.57 Å². The van der Waals surface area contributed by atoms with Crippen molar-refractivity contribution in [2.45, 2.75) is 23.6 Å². The van der Waals surface area contributed by atoms with Crippen molar-refractivity contribution in [1.82, 2.24) is 0 Å². The molecule has 0 unspecified atom stereocenters. The zero-order valence-corrected chi connectivity index (χ0v) is 19.8. The SMILES string of the molecule is Cc1c2c(c(C)c3c1oc1ccccc13)-c1c3c(cc4c5ccccc5oc4c3cc[n+]1C)S2. The first-order chi connectivity index (χ1) is 16.6. The summed E-state index contributed by atoms with van der Waals surface area (Å²) < 4.78 is 15.1. The minimum atomic E-state index is 0.934. The fourth-order valence-corrected chi connectivity index (χ4v) is 7.17. The molecule has 0 N–H and O–H groups in total.